The highest BCUT2D eigenvalue weighted by atomic mass is 19.4. The van der Waals surface area contributed by atoms with Gasteiger partial charge in [-0.25, -0.2) is 9.50 Å². The van der Waals surface area contributed by atoms with Crippen LogP contribution in [-0.4, -0.2) is 31.3 Å². The Morgan fingerprint density at radius 1 is 1.24 bits per heavy atom. The van der Waals surface area contributed by atoms with Crippen molar-refractivity contribution in [3.8, 4) is 0 Å². The molecule has 0 unspecified atom stereocenters. The average molecular weight is 352 g/mol. The fourth-order valence-corrected chi connectivity index (χ4v) is 2.63. The molecule has 0 bridgehead atoms. The number of benzene rings is 1. The summed E-state index contributed by atoms with van der Waals surface area (Å²) >= 11 is 0. The maximum atomic E-state index is 12.6. The molecular weight excluding hydrogens is 337 g/mol. The van der Waals surface area contributed by atoms with E-state index in [-0.39, 0.29) is 30.5 Å². The monoisotopic (exact) mass is 352 g/mol. The van der Waals surface area contributed by atoms with Crippen molar-refractivity contribution < 1.29 is 18.3 Å². The summed E-state index contributed by atoms with van der Waals surface area (Å²) in [5.74, 6) is 0.812. The van der Waals surface area contributed by atoms with Gasteiger partial charge in [-0.1, -0.05) is 12.1 Å². The summed E-state index contributed by atoms with van der Waals surface area (Å²) in [4.78, 5) is 19.1. The van der Waals surface area contributed by atoms with Gasteiger partial charge in [-0.3, -0.25) is 4.79 Å². The van der Waals surface area contributed by atoms with Crippen LogP contribution in [0.1, 0.15) is 28.5 Å². The van der Waals surface area contributed by atoms with Crippen LogP contribution >= 0.6 is 0 Å². The highest BCUT2D eigenvalue weighted by Gasteiger charge is 2.30. The van der Waals surface area contributed by atoms with Gasteiger partial charge in [0.05, 0.1) is 11.3 Å². The number of fused-ring (bicyclic) bond motifs is 1. The standard InChI is InChI=1S/C16H15F3N4O2/c1-9-20-15(25)14-12(6-7-24)21-13(23(14)22-9)8-10-2-4-11(5-3-10)16(17,18)19/h2-5,24H,6-8H2,1H3,(H,20,22,25). The second kappa shape index (κ2) is 6.32. The molecule has 1 aromatic carbocycles. The van der Waals surface area contributed by atoms with Crippen molar-refractivity contribution in [2.45, 2.75) is 25.9 Å². The van der Waals surface area contributed by atoms with Crippen molar-refractivity contribution in [3.63, 3.8) is 0 Å². The van der Waals surface area contributed by atoms with Crippen molar-refractivity contribution >= 4 is 5.52 Å². The summed E-state index contributed by atoms with van der Waals surface area (Å²) in [5.41, 5.74) is 0.146. The molecule has 0 aliphatic rings. The number of rotatable bonds is 4. The van der Waals surface area contributed by atoms with Crippen LogP contribution in [0.2, 0.25) is 0 Å². The van der Waals surface area contributed by atoms with Crippen LogP contribution in [0.4, 0.5) is 13.2 Å². The predicted molar refractivity (Wildman–Crippen MR) is 83.4 cm³/mol. The van der Waals surface area contributed by atoms with E-state index < -0.39 is 11.7 Å². The number of H-pyrrole nitrogens is 1. The number of nitrogens with one attached hydrogen (secondary N) is 1. The van der Waals surface area contributed by atoms with Gasteiger partial charge in [0.1, 0.15) is 11.6 Å². The third-order valence-corrected chi connectivity index (χ3v) is 3.75. The number of aliphatic hydroxyl groups excluding tert-OH is 1. The molecule has 0 saturated heterocycles. The Morgan fingerprint density at radius 2 is 1.92 bits per heavy atom. The number of aliphatic hydroxyl groups is 1. The minimum atomic E-state index is -4.39. The largest absolute Gasteiger partial charge is 0.416 e. The topological polar surface area (TPSA) is 83.3 Å². The van der Waals surface area contributed by atoms with Crippen LogP contribution in [0.15, 0.2) is 29.1 Å². The number of aromatic nitrogens is 4. The van der Waals surface area contributed by atoms with Crippen LogP contribution in [0, 0.1) is 6.92 Å². The van der Waals surface area contributed by atoms with Gasteiger partial charge < -0.3 is 10.1 Å². The lowest BCUT2D eigenvalue weighted by Crippen LogP contribution is -2.16. The van der Waals surface area contributed by atoms with E-state index in [2.05, 4.69) is 15.1 Å². The number of aryl methyl sites for hydroxylation is 1. The van der Waals surface area contributed by atoms with Crippen molar-refractivity contribution in [2.24, 2.45) is 0 Å². The molecule has 0 aliphatic carbocycles. The average Bonchev–Trinajstić information content (AvgIpc) is 2.85. The van der Waals surface area contributed by atoms with E-state index in [9.17, 15) is 18.0 Å². The molecule has 2 aromatic heterocycles. The number of alkyl halides is 3. The second-order valence-corrected chi connectivity index (χ2v) is 5.62. The lowest BCUT2D eigenvalue weighted by Gasteiger charge is -2.07. The van der Waals surface area contributed by atoms with Gasteiger partial charge in [-0.15, -0.1) is 0 Å². The normalized spacial score (nSPS) is 12.0. The molecular formula is C16H15F3N4O2. The number of aromatic amines is 1. The first-order chi connectivity index (χ1) is 11.8. The van der Waals surface area contributed by atoms with Crippen molar-refractivity contribution in [3.05, 3.63) is 63.1 Å². The lowest BCUT2D eigenvalue weighted by molar-refractivity contribution is -0.137. The highest BCUT2D eigenvalue weighted by molar-refractivity contribution is 5.51. The van der Waals surface area contributed by atoms with Crippen LogP contribution in [0.5, 0.6) is 0 Å². The first-order valence-electron chi connectivity index (χ1n) is 7.54. The van der Waals surface area contributed by atoms with Gasteiger partial charge in [-0.2, -0.15) is 18.3 Å². The van der Waals surface area contributed by atoms with Crippen molar-refractivity contribution in [1.82, 2.24) is 19.6 Å². The molecule has 2 heterocycles. The van der Waals surface area contributed by atoms with Crippen LogP contribution in [0.25, 0.3) is 5.52 Å². The maximum Gasteiger partial charge on any atom is 0.416 e. The summed E-state index contributed by atoms with van der Waals surface area (Å²) in [5, 5.41) is 13.4. The fraction of sp³-hybridized carbons (Fsp3) is 0.312. The summed E-state index contributed by atoms with van der Waals surface area (Å²) in [6.45, 7) is 1.44. The number of hydrogen-bond donors (Lipinski definition) is 2. The summed E-state index contributed by atoms with van der Waals surface area (Å²) in [6, 6.07) is 4.75. The molecule has 0 fully saturated rings. The van der Waals surface area contributed by atoms with E-state index in [4.69, 9.17) is 5.11 Å². The molecule has 0 atom stereocenters. The number of halogens is 3. The van der Waals surface area contributed by atoms with E-state index >= 15 is 0 Å². The predicted octanol–water partition coefficient (Wildman–Crippen LogP) is 1.87. The molecule has 6 nitrogen and oxygen atoms in total. The minimum absolute atomic E-state index is 0.181. The van der Waals surface area contributed by atoms with Crippen LogP contribution in [0.3, 0.4) is 0 Å². The van der Waals surface area contributed by atoms with Gasteiger partial charge in [0.15, 0.2) is 5.52 Å². The number of nitrogens with zero attached hydrogens (tertiary/aromatic N) is 3. The first kappa shape index (κ1) is 17.2. The maximum absolute atomic E-state index is 12.6. The Hall–Kier alpha value is -2.68. The molecule has 3 rings (SSSR count). The molecule has 0 spiro atoms. The zero-order valence-electron chi connectivity index (χ0n) is 13.3. The zero-order chi connectivity index (χ0) is 18.2. The molecule has 0 radical (unpaired) electrons. The molecule has 132 valence electrons. The summed E-state index contributed by atoms with van der Waals surface area (Å²) in [6.07, 6.45) is -4.00. The fourth-order valence-electron chi connectivity index (χ4n) is 2.63. The SMILES string of the molecule is Cc1nn2c(Cc3ccc(C(F)(F)F)cc3)nc(CCO)c2c(=O)[nH]1. The van der Waals surface area contributed by atoms with Crippen LogP contribution in [-0.2, 0) is 19.0 Å². The van der Waals surface area contributed by atoms with Gasteiger partial charge in [0, 0.05) is 19.4 Å². The molecule has 0 aliphatic heterocycles. The molecule has 2 N–H and O–H groups in total. The first-order valence-corrected chi connectivity index (χ1v) is 7.54. The van der Waals surface area contributed by atoms with Gasteiger partial charge in [0.2, 0.25) is 0 Å². The Labute approximate surface area is 140 Å². The summed E-state index contributed by atoms with van der Waals surface area (Å²) in [7, 11) is 0. The van der Waals surface area contributed by atoms with Crippen molar-refractivity contribution in [2.75, 3.05) is 6.61 Å². The Balaban J connectivity index is 2.03. The second-order valence-electron chi connectivity index (χ2n) is 5.62. The van der Waals surface area contributed by atoms with Gasteiger partial charge in [0.25, 0.3) is 5.56 Å². The third kappa shape index (κ3) is 3.41. The molecule has 9 heteroatoms. The van der Waals surface area contributed by atoms with Gasteiger partial charge >= 0.3 is 6.18 Å². The smallest absolute Gasteiger partial charge is 0.396 e. The number of imidazole rings is 1. The van der Waals surface area contributed by atoms with E-state index in [1.54, 1.807) is 6.92 Å². The van der Waals surface area contributed by atoms with E-state index in [1.807, 2.05) is 0 Å². The van der Waals surface area contributed by atoms with E-state index in [0.717, 1.165) is 12.1 Å². The van der Waals surface area contributed by atoms with E-state index in [0.29, 0.717) is 22.9 Å². The van der Waals surface area contributed by atoms with Crippen LogP contribution < -0.4 is 5.56 Å². The van der Waals surface area contributed by atoms with Gasteiger partial charge in [-0.05, 0) is 24.6 Å². The Kier molecular flexibility index (Phi) is 4.34. The van der Waals surface area contributed by atoms with E-state index in [1.165, 1.54) is 16.6 Å². The molecule has 3 aromatic rings. The minimum Gasteiger partial charge on any atom is -0.396 e. The molecule has 25 heavy (non-hydrogen) atoms. The quantitative estimate of drug-likeness (QED) is 0.751. The Bertz CT molecular complexity index is 958. The molecule has 0 amide bonds. The van der Waals surface area contributed by atoms with Crippen molar-refractivity contribution in [1.29, 1.82) is 0 Å². The third-order valence-electron chi connectivity index (χ3n) is 3.75. The lowest BCUT2D eigenvalue weighted by atomic mass is 10.1. The number of hydrogen-bond acceptors (Lipinski definition) is 4. The molecule has 0 saturated carbocycles. The highest BCUT2D eigenvalue weighted by Crippen LogP contribution is 2.29. The Morgan fingerprint density at radius 3 is 2.52 bits per heavy atom. The summed E-state index contributed by atoms with van der Waals surface area (Å²) < 4.78 is 39.3. The zero-order valence-corrected chi connectivity index (χ0v) is 13.3.